The van der Waals surface area contributed by atoms with E-state index in [9.17, 15) is 9.90 Å². The predicted octanol–water partition coefficient (Wildman–Crippen LogP) is 6.33. The zero-order valence-corrected chi connectivity index (χ0v) is 19.6. The number of aromatic carboxylic acids is 1. The third-order valence-corrected chi connectivity index (χ3v) is 5.80. The Bertz CT molecular complexity index is 1270. The van der Waals surface area contributed by atoms with Crippen molar-refractivity contribution in [2.24, 2.45) is 5.92 Å². The van der Waals surface area contributed by atoms with E-state index in [0.29, 0.717) is 23.7 Å². The van der Waals surface area contributed by atoms with Crippen LogP contribution in [0.2, 0.25) is 0 Å². The van der Waals surface area contributed by atoms with Crippen LogP contribution in [0.15, 0.2) is 66.9 Å². The summed E-state index contributed by atoms with van der Waals surface area (Å²) in [4.78, 5) is 16.4. The van der Waals surface area contributed by atoms with E-state index in [1.807, 2.05) is 36.4 Å². The Balaban J connectivity index is 1.78. The van der Waals surface area contributed by atoms with Crippen LogP contribution in [0, 0.1) is 12.8 Å². The van der Waals surface area contributed by atoms with Crippen LogP contribution >= 0.6 is 0 Å². The van der Waals surface area contributed by atoms with Gasteiger partial charge in [-0.25, -0.2) is 9.78 Å². The van der Waals surface area contributed by atoms with Gasteiger partial charge in [-0.15, -0.1) is 0 Å². The predicted molar refractivity (Wildman–Crippen MR) is 131 cm³/mol. The molecule has 0 saturated heterocycles. The molecule has 2 aromatic heterocycles. The van der Waals surface area contributed by atoms with Crippen LogP contribution in [-0.2, 0) is 11.2 Å². The summed E-state index contributed by atoms with van der Waals surface area (Å²) in [5.41, 5.74) is 7.04. The highest BCUT2D eigenvalue weighted by molar-refractivity contribution is 5.96. The van der Waals surface area contributed by atoms with Crippen LogP contribution in [0.5, 0.6) is 0 Å². The highest BCUT2D eigenvalue weighted by Crippen LogP contribution is 2.31. The molecular formula is C28H30N2O3. The van der Waals surface area contributed by atoms with E-state index in [4.69, 9.17) is 9.72 Å². The first-order valence-electron chi connectivity index (χ1n) is 11.4. The fourth-order valence-corrected chi connectivity index (χ4v) is 4.05. The molecule has 0 aliphatic carbocycles. The van der Waals surface area contributed by atoms with Crippen molar-refractivity contribution in [1.29, 1.82) is 0 Å². The summed E-state index contributed by atoms with van der Waals surface area (Å²) in [7, 11) is 0. The number of carboxylic acids is 1. The Morgan fingerprint density at radius 3 is 2.45 bits per heavy atom. The molecule has 0 saturated carbocycles. The van der Waals surface area contributed by atoms with Gasteiger partial charge in [0.15, 0.2) is 0 Å². The van der Waals surface area contributed by atoms with Gasteiger partial charge in [-0.3, -0.25) is 0 Å². The third-order valence-electron chi connectivity index (χ3n) is 5.80. The molecule has 2 heterocycles. The van der Waals surface area contributed by atoms with E-state index in [1.54, 1.807) is 12.1 Å². The quantitative estimate of drug-likeness (QED) is 0.346. The summed E-state index contributed by atoms with van der Waals surface area (Å²) in [6.07, 6.45) is 2.70. The molecule has 1 N–H and O–H groups in total. The second-order valence-corrected chi connectivity index (χ2v) is 8.80. The number of aryl methyl sites for hydroxylation is 2. The number of benzene rings is 2. The molecule has 1 unspecified atom stereocenters. The minimum atomic E-state index is -0.929. The first-order chi connectivity index (χ1) is 15.9. The summed E-state index contributed by atoms with van der Waals surface area (Å²) in [6.45, 7) is 9.08. The number of fused-ring (bicyclic) bond motifs is 1. The summed E-state index contributed by atoms with van der Waals surface area (Å²) < 4.78 is 8.58. The van der Waals surface area contributed by atoms with Gasteiger partial charge in [0.25, 0.3) is 0 Å². The molecule has 170 valence electrons. The van der Waals surface area contributed by atoms with Gasteiger partial charge < -0.3 is 14.2 Å². The Labute approximate surface area is 194 Å². The number of aromatic nitrogens is 2. The average molecular weight is 443 g/mol. The first-order valence-corrected chi connectivity index (χ1v) is 11.4. The van der Waals surface area contributed by atoms with E-state index in [1.165, 1.54) is 0 Å². The van der Waals surface area contributed by atoms with Crippen LogP contribution in [0.3, 0.4) is 0 Å². The lowest BCUT2D eigenvalue weighted by atomic mass is 9.96. The van der Waals surface area contributed by atoms with E-state index in [0.717, 1.165) is 40.1 Å². The smallest absolute Gasteiger partial charge is 0.336 e. The minimum absolute atomic E-state index is 0.266. The minimum Gasteiger partial charge on any atom is -0.478 e. The monoisotopic (exact) mass is 442 g/mol. The molecule has 2 aromatic carbocycles. The van der Waals surface area contributed by atoms with Crippen molar-refractivity contribution in [3.8, 4) is 11.1 Å². The first kappa shape index (κ1) is 22.7. The summed E-state index contributed by atoms with van der Waals surface area (Å²) in [5, 5.41) is 9.56. The molecule has 0 fully saturated rings. The zero-order chi connectivity index (χ0) is 23.5. The van der Waals surface area contributed by atoms with Crippen molar-refractivity contribution in [3.63, 3.8) is 0 Å². The summed E-state index contributed by atoms with van der Waals surface area (Å²) in [6, 6.07) is 19.3. The van der Waals surface area contributed by atoms with Gasteiger partial charge in [0, 0.05) is 6.20 Å². The van der Waals surface area contributed by atoms with Crippen molar-refractivity contribution in [1.82, 2.24) is 9.38 Å². The lowest BCUT2D eigenvalue weighted by molar-refractivity contribution is 0.0570. The molecule has 0 spiro atoms. The Hall–Kier alpha value is -3.44. The van der Waals surface area contributed by atoms with Crippen molar-refractivity contribution in [3.05, 3.63) is 94.9 Å². The molecule has 0 aliphatic rings. The molecule has 5 heteroatoms. The number of nitrogens with zero attached hydrogens (tertiary/aromatic N) is 2. The van der Waals surface area contributed by atoms with E-state index in [-0.39, 0.29) is 6.10 Å². The molecule has 0 aliphatic heterocycles. The highest BCUT2D eigenvalue weighted by Gasteiger charge is 2.21. The second kappa shape index (κ2) is 9.59. The standard InChI is InChI=1S/C28H30N2O3/c1-5-22-16-30-25(15-10-19(4)27(30)29-22)26(33-17-18(2)3)21-13-11-20(12-14-21)23-8-6-7-9-24(23)28(31)32/h6-16,18,26H,5,17H2,1-4H3,(H,31,32). The van der Waals surface area contributed by atoms with Gasteiger partial charge in [0.2, 0.25) is 0 Å². The molecule has 1 atom stereocenters. The van der Waals surface area contributed by atoms with Crippen LogP contribution < -0.4 is 0 Å². The molecule has 0 radical (unpaired) electrons. The Kier molecular flexibility index (Phi) is 6.61. The van der Waals surface area contributed by atoms with Gasteiger partial charge in [-0.05, 0) is 53.6 Å². The molecule has 0 amide bonds. The fourth-order valence-electron chi connectivity index (χ4n) is 4.05. The molecule has 5 nitrogen and oxygen atoms in total. The lowest BCUT2D eigenvalue weighted by Gasteiger charge is -2.22. The second-order valence-electron chi connectivity index (χ2n) is 8.80. The molecule has 0 bridgehead atoms. The number of hydrogen-bond donors (Lipinski definition) is 1. The largest absolute Gasteiger partial charge is 0.478 e. The maximum atomic E-state index is 11.7. The maximum Gasteiger partial charge on any atom is 0.336 e. The molecule has 33 heavy (non-hydrogen) atoms. The topological polar surface area (TPSA) is 63.8 Å². The summed E-state index contributed by atoms with van der Waals surface area (Å²) >= 11 is 0. The van der Waals surface area contributed by atoms with Crippen molar-refractivity contribution < 1.29 is 14.6 Å². The van der Waals surface area contributed by atoms with Gasteiger partial charge in [-0.2, -0.15) is 0 Å². The number of carbonyl (C=O) groups is 1. The third kappa shape index (κ3) is 4.69. The average Bonchev–Trinajstić information content (AvgIpc) is 3.26. The van der Waals surface area contributed by atoms with E-state index >= 15 is 0 Å². The van der Waals surface area contributed by atoms with Crippen LogP contribution in [-0.4, -0.2) is 27.1 Å². The lowest BCUT2D eigenvalue weighted by Crippen LogP contribution is -2.14. The number of carboxylic acid groups (broad SMARTS) is 1. The number of rotatable bonds is 8. The fraction of sp³-hybridized carbons (Fsp3) is 0.286. The van der Waals surface area contributed by atoms with E-state index < -0.39 is 5.97 Å². The van der Waals surface area contributed by atoms with Crippen molar-refractivity contribution in [2.45, 2.75) is 40.2 Å². The number of imidazole rings is 1. The van der Waals surface area contributed by atoms with Crippen LogP contribution in [0.4, 0.5) is 0 Å². The number of pyridine rings is 1. The van der Waals surface area contributed by atoms with Gasteiger partial charge >= 0.3 is 5.97 Å². The van der Waals surface area contributed by atoms with E-state index in [2.05, 4.69) is 50.4 Å². The van der Waals surface area contributed by atoms with Crippen LogP contribution in [0.1, 0.15) is 59.7 Å². The summed E-state index contributed by atoms with van der Waals surface area (Å²) in [5.74, 6) is -0.536. The Morgan fingerprint density at radius 2 is 1.79 bits per heavy atom. The zero-order valence-electron chi connectivity index (χ0n) is 19.6. The van der Waals surface area contributed by atoms with Gasteiger partial charge in [0.1, 0.15) is 11.8 Å². The Morgan fingerprint density at radius 1 is 1.06 bits per heavy atom. The number of hydrogen-bond acceptors (Lipinski definition) is 3. The number of ether oxygens (including phenoxy) is 1. The molecule has 4 rings (SSSR count). The van der Waals surface area contributed by atoms with Crippen molar-refractivity contribution in [2.75, 3.05) is 6.61 Å². The van der Waals surface area contributed by atoms with Gasteiger partial charge in [0.05, 0.1) is 23.6 Å². The highest BCUT2D eigenvalue weighted by atomic mass is 16.5. The normalized spacial score (nSPS) is 12.4. The van der Waals surface area contributed by atoms with Crippen LogP contribution in [0.25, 0.3) is 16.8 Å². The maximum absolute atomic E-state index is 11.7. The molecule has 4 aromatic rings. The molecular weight excluding hydrogens is 412 g/mol. The van der Waals surface area contributed by atoms with Crippen molar-refractivity contribution >= 4 is 11.6 Å². The van der Waals surface area contributed by atoms with Gasteiger partial charge in [-0.1, -0.05) is 69.3 Å². The SMILES string of the molecule is CCc1cn2c(C(OCC(C)C)c3ccc(-c4ccccc4C(=O)O)cc3)ccc(C)c2n1.